The summed E-state index contributed by atoms with van der Waals surface area (Å²) < 4.78 is 10.3. The molecular formula is C11H23NO4. The van der Waals surface area contributed by atoms with Crippen molar-refractivity contribution in [2.45, 2.75) is 45.8 Å². The molecule has 0 heterocycles. The molecule has 0 aliphatic heterocycles. The number of rotatable bonds is 5. The first kappa shape index (κ1) is 15.3. The smallest absolute Gasteiger partial charge is 0.343 e. The van der Waals surface area contributed by atoms with Gasteiger partial charge >= 0.3 is 5.97 Å². The molecule has 0 saturated heterocycles. The van der Waals surface area contributed by atoms with Crippen molar-refractivity contribution >= 4 is 5.97 Å². The molecule has 0 bridgehead atoms. The van der Waals surface area contributed by atoms with Gasteiger partial charge in [-0.3, -0.25) is 4.84 Å². The van der Waals surface area contributed by atoms with E-state index in [0.717, 1.165) is 0 Å². The van der Waals surface area contributed by atoms with Crippen LogP contribution in [0.1, 0.15) is 34.6 Å². The molecule has 0 radical (unpaired) electrons. The van der Waals surface area contributed by atoms with E-state index in [-0.39, 0.29) is 12.5 Å². The van der Waals surface area contributed by atoms with Gasteiger partial charge in [0.15, 0.2) is 0 Å². The topological polar surface area (TPSA) is 70.8 Å². The predicted molar refractivity (Wildman–Crippen MR) is 60.6 cm³/mol. The van der Waals surface area contributed by atoms with E-state index in [0.29, 0.717) is 0 Å². The van der Waals surface area contributed by atoms with Crippen LogP contribution in [0.4, 0.5) is 0 Å². The van der Waals surface area contributed by atoms with Crippen molar-refractivity contribution in [2.24, 2.45) is 11.8 Å². The second-order valence-electron chi connectivity index (χ2n) is 5.10. The maximum absolute atomic E-state index is 12.0. The van der Waals surface area contributed by atoms with Crippen molar-refractivity contribution < 1.29 is 19.1 Å². The highest BCUT2D eigenvalue weighted by Crippen LogP contribution is 2.25. The summed E-state index contributed by atoms with van der Waals surface area (Å²) in [6.45, 7) is 9.10. The van der Waals surface area contributed by atoms with Crippen LogP contribution >= 0.6 is 0 Å². The number of hydrogen-bond acceptors (Lipinski definition) is 5. The summed E-state index contributed by atoms with van der Waals surface area (Å²) in [6, 6.07) is 0. The number of nitrogens with two attached hydrogens (primary N) is 1. The number of carbonyl (C=O) groups excluding carboxylic acids is 1. The lowest BCUT2D eigenvalue weighted by atomic mass is 9.91. The van der Waals surface area contributed by atoms with E-state index in [1.807, 2.05) is 13.8 Å². The SMILES string of the molecule is COCC(ON)(C(=O)OC(C)(C)C)C(C)C. The molecule has 0 spiro atoms. The first-order chi connectivity index (χ1) is 7.19. The van der Waals surface area contributed by atoms with Gasteiger partial charge in [-0.15, -0.1) is 0 Å². The summed E-state index contributed by atoms with van der Waals surface area (Å²) >= 11 is 0. The molecule has 16 heavy (non-hydrogen) atoms. The fraction of sp³-hybridized carbons (Fsp3) is 0.909. The standard InChI is InChI=1S/C11H23NO4/c1-8(2)11(16-12,7-14-6)9(13)15-10(3,4)5/h8H,7,12H2,1-6H3. The predicted octanol–water partition coefficient (Wildman–Crippen LogP) is 1.26. The van der Waals surface area contributed by atoms with Crippen molar-refractivity contribution in [3.05, 3.63) is 0 Å². The lowest BCUT2D eigenvalue weighted by Gasteiger charge is -2.34. The van der Waals surface area contributed by atoms with Crippen LogP contribution in [0.25, 0.3) is 0 Å². The van der Waals surface area contributed by atoms with Crippen LogP contribution in [0.15, 0.2) is 0 Å². The van der Waals surface area contributed by atoms with Gasteiger partial charge in [-0.25, -0.2) is 10.7 Å². The summed E-state index contributed by atoms with van der Waals surface area (Å²) in [5.74, 6) is 4.59. The van der Waals surface area contributed by atoms with Crippen LogP contribution in [0.2, 0.25) is 0 Å². The highest BCUT2D eigenvalue weighted by molar-refractivity contribution is 5.80. The second kappa shape index (κ2) is 5.61. The Hall–Kier alpha value is -0.650. The molecule has 1 unspecified atom stereocenters. The van der Waals surface area contributed by atoms with Gasteiger partial charge in [0.1, 0.15) is 5.60 Å². The Bertz CT molecular complexity index is 235. The molecule has 5 heteroatoms. The summed E-state index contributed by atoms with van der Waals surface area (Å²) in [6.07, 6.45) is 0. The van der Waals surface area contributed by atoms with Crippen LogP contribution < -0.4 is 5.90 Å². The number of carbonyl (C=O) groups is 1. The quantitative estimate of drug-likeness (QED) is 0.572. The van der Waals surface area contributed by atoms with Crippen molar-refractivity contribution in [1.82, 2.24) is 0 Å². The van der Waals surface area contributed by atoms with Gasteiger partial charge in [0, 0.05) is 7.11 Å². The van der Waals surface area contributed by atoms with E-state index < -0.39 is 17.2 Å². The minimum atomic E-state index is -1.25. The third kappa shape index (κ3) is 3.73. The first-order valence-corrected chi connectivity index (χ1v) is 5.30. The van der Waals surface area contributed by atoms with Crippen molar-refractivity contribution in [3.8, 4) is 0 Å². The fourth-order valence-electron chi connectivity index (χ4n) is 1.26. The average molecular weight is 233 g/mol. The van der Waals surface area contributed by atoms with Crippen LogP contribution in [-0.2, 0) is 19.1 Å². The summed E-state index contributed by atoms with van der Waals surface area (Å²) in [7, 11) is 1.49. The molecule has 2 N–H and O–H groups in total. The molecule has 96 valence electrons. The van der Waals surface area contributed by atoms with Crippen molar-refractivity contribution in [2.75, 3.05) is 13.7 Å². The van der Waals surface area contributed by atoms with Crippen LogP contribution in [0.3, 0.4) is 0 Å². The van der Waals surface area contributed by atoms with E-state index in [2.05, 4.69) is 0 Å². The van der Waals surface area contributed by atoms with Gasteiger partial charge in [-0.1, -0.05) is 13.8 Å². The summed E-state index contributed by atoms with van der Waals surface area (Å²) in [5.41, 5.74) is -1.83. The first-order valence-electron chi connectivity index (χ1n) is 5.30. The maximum atomic E-state index is 12.0. The number of ether oxygens (including phenoxy) is 2. The van der Waals surface area contributed by atoms with Crippen LogP contribution in [-0.4, -0.2) is 30.9 Å². The van der Waals surface area contributed by atoms with E-state index >= 15 is 0 Å². The highest BCUT2D eigenvalue weighted by Gasteiger charge is 2.46. The third-order valence-electron chi connectivity index (χ3n) is 2.25. The number of esters is 1. The molecule has 0 aromatic rings. The Balaban J connectivity index is 4.95. The summed E-state index contributed by atoms with van der Waals surface area (Å²) in [5, 5.41) is 0. The monoisotopic (exact) mass is 233 g/mol. The van der Waals surface area contributed by atoms with Gasteiger partial charge in [0.05, 0.1) is 6.61 Å². The molecule has 0 amide bonds. The Labute approximate surface area is 97.2 Å². The van der Waals surface area contributed by atoms with Crippen LogP contribution in [0, 0.1) is 5.92 Å². The molecule has 1 atom stereocenters. The average Bonchev–Trinajstić information content (AvgIpc) is 2.10. The molecule has 0 fully saturated rings. The lowest BCUT2D eigenvalue weighted by Crippen LogP contribution is -2.54. The van der Waals surface area contributed by atoms with Gasteiger partial charge in [-0.05, 0) is 26.7 Å². The van der Waals surface area contributed by atoms with Crippen LogP contribution in [0.5, 0.6) is 0 Å². The molecule has 0 saturated carbocycles. The Morgan fingerprint density at radius 1 is 1.31 bits per heavy atom. The minimum absolute atomic E-state index is 0.0656. The minimum Gasteiger partial charge on any atom is -0.458 e. The normalized spacial score (nSPS) is 16.0. The highest BCUT2D eigenvalue weighted by atomic mass is 16.7. The largest absolute Gasteiger partial charge is 0.458 e. The van der Waals surface area contributed by atoms with E-state index in [1.54, 1.807) is 20.8 Å². The molecule has 5 nitrogen and oxygen atoms in total. The van der Waals surface area contributed by atoms with E-state index in [4.69, 9.17) is 20.2 Å². The lowest BCUT2D eigenvalue weighted by molar-refractivity contribution is -0.199. The number of hydrogen-bond donors (Lipinski definition) is 1. The zero-order chi connectivity index (χ0) is 13.0. The Kier molecular flexibility index (Phi) is 5.38. The maximum Gasteiger partial charge on any atom is 0.343 e. The molecule has 0 aromatic heterocycles. The molecule has 0 aliphatic carbocycles. The van der Waals surface area contributed by atoms with Gasteiger partial charge in [0.2, 0.25) is 5.60 Å². The Morgan fingerprint density at radius 3 is 2.06 bits per heavy atom. The second-order valence-corrected chi connectivity index (χ2v) is 5.10. The van der Waals surface area contributed by atoms with E-state index in [1.165, 1.54) is 7.11 Å². The molecule has 0 aromatic carbocycles. The van der Waals surface area contributed by atoms with E-state index in [9.17, 15) is 4.79 Å². The Morgan fingerprint density at radius 2 is 1.81 bits per heavy atom. The molecule has 0 aliphatic rings. The van der Waals surface area contributed by atoms with Crippen molar-refractivity contribution in [3.63, 3.8) is 0 Å². The van der Waals surface area contributed by atoms with Gasteiger partial charge in [-0.2, -0.15) is 0 Å². The summed E-state index contributed by atoms with van der Waals surface area (Å²) in [4.78, 5) is 16.9. The van der Waals surface area contributed by atoms with Gasteiger partial charge < -0.3 is 9.47 Å². The van der Waals surface area contributed by atoms with Gasteiger partial charge in [0.25, 0.3) is 0 Å². The van der Waals surface area contributed by atoms with Crippen molar-refractivity contribution in [1.29, 1.82) is 0 Å². The zero-order valence-electron chi connectivity index (χ0n) is 11.0. The third-order valence-corrected chi connectivity index (χ3v) is 2.25. The zero-order valence-corrected chi connectivity index (χ0v) is 11.0. The molecular weight excluding hydrogens is 210 g/mol. The number of methoxy groups -OCH3 is 1. The fourth-order valence-corrected chi connectivity index (χ4v) is 1.26. The molecule has 0 rings (SSSR count).